The van der Waals surface area contributed by atoms with E-state index in [0.29, 0.717) is 27.0 Å². The van der Waals surface area contributed by atoms with Gasteiger partial charge in [-0.05, 0) is 36.4 Å². The molecule has 0 aromatic heterocycles. The maximum absolute atomic E-state index is 11.9. The lowest BCUT2D eigenvalue weighted by Gasteiger charge is -2.10. The van der Waals surface area contributed by atoms with E-state index < -0.39 is 5.97 Å². The Labute approximate surface area is 143 Å². The molecule has 0 radical (unpaired) electrons. The number of anilines is 2. The monoisotopic (exact) mass is 352 g/mol. The molecule has 5 nitrogen and oxygen atoms in total. The molecule has 0 saturated heterocycles. The summed E-state index contributed by atoms with van der Waals surface area (Å²) in [6, 6.07) is 11.5. The number of amides is 1. The molecule has 0 aliphatic heterocycles. The van der Waals surface area contributed by atoms with Gasteiger partial charge in [-0.1, -0.05) is 29.3 Å². The largest absolute Gasteiger partial charge is 0.465 e. The molecule has 2 aromatic carbocycles. The van der Waals surface area contributed by atoms with Gasteiger partial charge in [0.15, 0.2) is 0 Å². The van der Waals surface area contributed by atoms with Gasteiger partial charge >= 0.3 is 5.97 Å². The molecule has 7 heteroatoms. The van der Waals surface area contributed by atoms with E-state index in [2.05, 4.69) is 15.4 Å². The van der Waals surface area contributed by atoms with Gasteiger partial charge in [-0.3, -0.25) is 4.79 Å². The summed E-state index contributed by atoms with van der Waals surface area (Å²) in [6.45, 7) is 0.00219. The first-order valence-corrected chi connectivity index (χ1v) is 7.43. The fourth-order valence-corrected chi connectivity index (χ4v) is 2.38. The molecule has 0 aliphatic rings. The molecule has 2 N–H and O–H groups in total. The second-order valence-electron chi connectivity index (χ2n) is 4.57. The minimum atomic E-state index is -0.432. The predicted molar refractivity (Wildman–Crippen MR) is 91.4 cm³/mol. The Morgan fingerprint density at radius 3 is 2.22 bits per heavy atom. The third-order valence-electron chi connectivity index (χ3n) is 2.98. The highest BCUT2D eigenvalue weighted by molar-refractivity contribution is 6.39. The Morgan fingerprint density at radius 2 is 1.65 bits per heavy atom. The Morgan fingerprint density at radius 1 is 1.04 bits per heavy atom. The Bertz CT molecular complexity index is 698. The SMILES string of the molecule is COC(=O)c1ccc(NC(=O)CNc2c(Cl)cccc2Cl)cc1. The van der Waals surface area contributed by atoms with E-state index in [9.17, 15) is 9.59 Å². The van der Waals surface area contributed by atoms with E-state index in [1.807, 2.05) is 0 Å². The standard InChI is InChI=1S/C16H14Cl2N2O3/c1-23-16(22)10-5-7-11(8-6-10)20-14(21)9-19-15-12(17)3-2-4-13(15)18/h2-8,19H,9H2,1H3,(H,20,21). The quantitative estimate of drug-likeness (QED) is 0.802. The molecule has 0 unspecified atom stereocenters. The van der Waals surface area contributed by atoms with Gasteiger partial charge in [-0.2, -0.15) is 0 Å². The number of carbonyl (C=O) groups excluding carboxylic acids is 2. The van der Waals surface area contributed by atoms with E-state index >= 15 is 0 Å². The van der Waals surface area contributed by atoms with Gasteiger partial charge in [-0.15, -0.1) is 0 Å². The van der Waals surface area contributed by atoms with Crippen molar-refractivity contribution in [2.45, 2.75) is 0 Å². The second kappa shape index (κ2) is 7.85. The number of halogens is 2. The lowest BCUT2D eigenvalue weighted by Crippen LogP contribution is -2.22. The normalized spacial score (nSPS) is 10.0. The van der Waals surface area contributed by atoms with Gasteiger partial charge < -0.3 is 15.4 Å². The van der Waals surface area contributed by atoms with Crippen molar-refractivity contribution in [2.24, 2.45) is 0 Å². The van der Waals surface area contributed by atoms with Crippen LogP contribution in [0.1, 0.15) is 10.4 Å². The topological polar surface area (TPSA) is 67.4 Å². The predicted octanol–water partition coefficient (Wildman–Crippen LogP) is 3.83. The Hall–Kier alpha value is -2.24. The molecule has 23 heavy (non-hydrogen) atoms. The van der Waals surface area contributed by atoms with Crippen LogP contribution in [0.4, 0.5) is 11.4 Å². The minimum Gasteiger partial charge on any atom is -0.465 e. The number of ether oxygens (including phenoxy) is 1. The van der Waals surface area contributed by atoms with Crippen LogP contribution in [0.5, 0.6) is 0 Å². The van der Waals surface area contributed by atoms with Gasteiger partial charge in [0.1, 0.15) is 0 Å². The summed E-state index contributed by atoms with van der Waals surface area (Å²) in [5, 5.41) is 6.46. The van der Waals surface area contributed by atoms with Crippen molar-refractivity contribution >= 4 is 46.5 Å². The zero-order valence-electron chi connectivity index (χ0n) is 12.2. The van der Waals surface area contributed by atoms with E-state index in [0.717, 1.165) is 0 Å². The van der Waals surface area contributed by atoms with Crippen LogP contribution in [0.3, 0.4) is 0 Å². The zero-order chi connectivity index (χ0) is 16.8. The van der Waals surface area contributed by atoms with Crippen molar-refractivity contribution < 1.29 is 14.3 Å². The van der Waals surface area contributed by atoms with Crippen molar-refractivity contribution in [3.63, 3.8) is 0 Å². The highest BCUT2D eigenvalue weighted by atomic mass is 35.5. The Kier molecular flexibility index (Phi) is 5.84. The van der Waals surface area contributed by atoms with Crippen molar-refractivity contribution in [1.82, 2.24) is 0 Å². The van der Waals surface area contributed by atoms with Crippen LogP contribution in [0.15, 0.2) is 42.5 Å². The molecular formula is C16H14Cl2N2O3. The highest BCUT2D eigenvalue weighted by Gasteiger charge is 2.09. The van der Waals surface area contributed by atoms with E-state index in [-0.39, 0.29) is 12.5 Å². The van der Waals surface area contributed by atoms with Crippen LogP contribution < -0.4 is 10.6 Å². The molecule has 0 fully saturated rings. The lowest BCUT2D eigenvalue weighted by atomic mass is 10.2. The van der Waals surface area contributed by atoms with E-state index in [1.54, 1.807) is 42.5 Å². The number of esters is 1. The van der Waals surface area contributed by atoms with Crippen LogP contribution in [0.25, 0.3) is 0 Å². The summed E-state index contributed by atoms with van der Waals surface area (Å²) < 4.78 is 4.61. The molecule has 0 spiro atoms. The van der Waals surface area contributed by atoms with Crippen molar-refractivity contribution in [3.8, 4) is 0 Å². The summed E-state index contributed by atoms with van der Waals surface area (Å²) in [7, 11) is 1.31. The summed E-state index contributed by atoms with van der Waals surface area (Å²) in [4.78, 5) is 23.3. The van der Waals surface area contributed by atoms with Crippen LogP contribution in [-0.2, 0) is 9.53 Å². The number of hydrogen-bond donors (Lipinski definition) is 2. The zero-order valence-corrected chi connectivity index (χ0v) is 13.7. The lowest BCUT2D eigenvalue weighted by molar-refractivity contribution is -0.114. The second-order valence-corrected chi connectivity index (χ2v) is 5.38. The number of rotatable bonds is 5. The molecule has 0 bridgehead atoms. The average molecular weight is 353 g/mol. The van der Waals surface area contributed by atoms with Crippen LogP contribution in [-0.4, -0.2) is 25.5 Å². The number of para-hydroxylation sites is 1. The summed E-state index contributed by atoms with van der Waals surface area (Å²) in [5.74, 6) is -0.704. The fourth-order valence-electron chi connectivity index (χ4n) is 1.85. The van der Waals surface area contributed by atoms with Gasteiger partial charge in [-0.25, -0.2) is 4.79 Å². The number of nitrogens with one attached hydrogen (secondary N) is 2. The molecule has 0 heterocycles. The average Bonchev–Trinajstić information content (AvgIpc) is 2.54. The van der Waals surface area contributed by atoms with Gasteiger partial charge in [0.25, 0.3) is 0 Å². The molecule has 2 aromatic rings. The first-order valence-electron chi connectivity index (χ1n) is 6.67. The van der Waals surface area contributed by atoms with Gasteiger partial charge in [0.2, 0.25) is 5.91 Å². The molecule has 2 rings (SSSR count). The molecule has 0 aliphatic carbocycles. The van der Waals surface area contributed by atoms with Crippen LogP contribution in [0, 0.1) is 0 Å². The van der Waals surface area contributed by atoms with Gasteiger partial charge in [0.05, 0.1) is 35.0 Å². The molecular weight excluding hydrogens is 339 g/mol. The van der Waals surface area contributed by atoms with Crippen LogP contribution >= 0.6 is 23.2 Å². The number of benzene rings is 2. The van der Waals surface area contributed by atoms with E-state index in [4.69, 9.17) is 23.2 Å². The van der Waals surface area contributed by atoms with Crippen molar-refractivity contribution in [2.75, 3.05) is 24.3 Å². The van der Waals surface area contributed by atoms with Crippen molar-refractivity contribution in [3.05, 3.63) is 58.1 Å². The highest BCUT2D eigenvalue weighted by Crippen LogP contribution is 2.29. The fraction of sp³-hybridized carbons (Fsp3) is 0.125. The maximum Gasteiger partial charge on any atom is 0.337 e. The van der Waals surface area contributed by atoms with Crippen LogP contribution in [0.2, 0.25) is 10.0 Å². The summed E-state index contributed by atoms with van der Waals surface area (Å²) in [5.41, 5.74) is 1.48. The van der Waals surface area contributed by atoms with Crippen molar-refractivity contribution in [1.29, 1.82) is 0 Å². The molecule has 0 atom stereocenters. The Balaban J connectivity index is 1.93. The number of carbonyl (C=O) groups is 2. The first kappa shape index (κ1) is 17.1. The minimum absolute atomic E-state index is 0.00219. The summed E-state index contributed by atoms with van der Waals surface area (Å²) >= 11 is 12.0. The first-order chi connectivity index (χ1) is 11.0. The maximum atomic E-state index is 11.9. The van der Waals surface area contributed by atoms with Gasteiger partial charge in [0, 0.05) is 5.69 Å². The summed E-state index contributed by atoms with van der Waals surface area (Å²) in [6.07, 6.45) is 0. The van der Waals surface area contributed by atoms with E-state index in [1.165, 1.54) is 7.11 Å². The molecule has 1 amide bonds. The number of methoxy groups -OCH3 is 1. The smallest absolute Gasteiger partial charge is 0.337 e. The molecule has 0 saturated carbocycles. The number of hydrogen-bond acceptors (Lipinski definition) is 4. The third kappa shape index (κ3) is 4.61. The molecule has 120 valence electrons. The third-order valence-corrected chi connectivity index (χ3v) is 3.61.